The molecular formula is C5H10S3. The highest BCUT2D eigenvalue weighted by molar-refractivity contribution is 9.09. The fraction of sp³-hybridized carbons (Fsp3) is 1.00. The predicted molar refractivity (Wildman–Crippen MR) is 46.3 cm³/mol. The van der Waals surface area contributed by atoms with Crippen LogP contribution in [0.1, 0.15) is 20.3 Å². The zero-order valence-corrected chi connectivity index (χ0v) is 7.54. The highest BCUT2D eigenvalue weighted by Gasteiger charge is 2.15. The third-order valence-corrected chi connectivity index (χ3v) is 6.13. The Bertz CT molecular complexity index is 66.1. The standard InChI is InChI=1S/C5H10S3/c1-4-3-5(2)7-8-6-4/h4-5H,3H2,1-2H3/t4-,5+. The molecule has 0 aromatic carbocycles. The maximum Gasteiger partial charge on any atom is 0.0142 e. The lowest BCUT2D eigenvalue weighted by molar-refractivity contribution is 0.808. The lowest BCUT2D eigenvalue weighted by Crippen LogP contribution is -2.07. The maximum atomic E-state index is 2.30. The summed E-state index contributed by atoms with van der Waals surface area (Å²) >= 11 is 0. The first kappa shape index (κ1) is 7.16. The average Bonchev–Trinajstić information content (AvgIpc) is 1.64. The Hall–Kier alpha value is 1.05. The lowest BCUT2D eigenvalue weighted by atomic mass is 10.3. The zero-order chi connectivity index (χ0) is 5.98. The molecule has 0 aromatic heterocycles. The van der Waals surface area contributed by atoms with Crippen molar-refractivity contribution in [2.24, 2.45) is 0 Å². The van der Waals surface area contributed by atoms with Crippen molar-refractivity contribution in [3.63, 3.8) is 0 Å². The van der Waals surface area contributed by atoms with E-state index in [0.717, 1.165) is 10.5 Å². The number of hydrogen-bond donors (Lipinski definition) is 0. The molecule has 8 heavy (non-hydrogen) atoms. The fourth-order valence-electron chi connectivity index (χ4n) is 0.703. The van der Waals surface area contributed by atoms with Gasteiger partial charge in [0.05, 0.1) is 0 Å². The minimum Gasteiger partial charge on any atom is -0.0794 e. The average molecular weight is 166 g/mol. The highest BCUT2D eigenvalue weighted by Crippen LogP contribution is 2.47. The van der Waals surface area contributed by atoms with Crippen molar-refractivity contribution >= 4 is 31.4 Å². The van der Waals surface area contributed by atoms with Gasteiger partial charge in [0.1, 0.15) is 0 Å². The largest absolute Gasteiger partial charge is 0.0794 e. The van der Waals surface area contributed by atoms with Crippen LogP contribution in [0.5, 0.6) is 0 Å². The Labute approximate surface area is 62.4 Å². The van der Waals surface area contributed by atoms with E-state index in [1.165, 1.54) is 6.42 Å². The van der Waals surface area contributed by atoms with E-state index in [1.807, 2.05) is 31.4 Å². The molecule has 1 rings (SSSR count). The van der Waals surface area contributed by atoms with Gasteiger partial charge in [0.15, 0.2) is 0 Å². The van der Waals surface area contributed by atoms with E-state index in [2.05, 4.69) is 13.8 Å². The van der Waals surface area contributed by atoms with Crippen molar-refractivity contribution in [3.05, 3.63) is 0 Å². The van der Waals surface area contributed by atoms with E-state index < -0.39 is 0 Å². The molecule has 0 spiro atoms. The van der Waals surface area contributed by atoms with Gasteiger partial charge in [-0.15, -0.1) is 0 Å². The fourth-order valence-corrected chi connectivity index (χ4v) is 6.11. The molecule has 0 aliphatic carbocycles. The summed E-state index contributed by atoms with van der Waals surface area (Å²) in [6.45, 7) is 4.60. The van der Waals surface area contributed by atoms with Gasteiger partial charge in [-0.1, -0.05) is 35.4 Å². The first-order valence-electron chi connectivity index (χ1n) is 2.78. The van der Waals surface area contributed by atoms with Crippen LogP contribution >= 0.6 is 31.4 Å². The van der Waals surface area contributed by atoms with Gasteiger partial charge < -0.3 is 0 Å². The molecule has 1 saturated heterocycles. The van der Waals surface area contributed by atoms with Crippen LogP contribution in [0.3, 0.4) is 0 Å². The van der Waals surface area contributed by atoms with E-state index >= 15 is 0 Å². The SMILES string of the molecule is C[C@@H]1C[C@H](C)SSS1. The Balaban J connectivity index is 2.23. The van der Waals surface area contributed by atoms with Gasteiger partial charge >= 0.3 is 0 Å². The van der Waals surface area contributed by atoms with Crippen LogP contribution in [0.15, 0.2) is 0 Å². The Kier molecular flexibility index (Phi) is 2.93. The molecule has 0 amide bonds. The minimum absolute atomic E-state index is 0.872. The molecule has 48 valence electrons. The summed E-state index contributed by atoms with van der Waals surface area (Å²) in [6.07, 6.45) is 1.38. The van der Waals surface area contributed by atoms with Crippen molar-refractivity contribution < 1.29 is 0 Å². The van der Waals surface area contributed by atoms with Crippen LogP contribution < -0.4 is 0 Å². The first-order valence-corrected chi connectivity index (χ1v) is 6.39. The van der Waals surface area contributed by atoms with Crippen molar-refractivity contribution in [1.82, 2.24) is 0 Å². The molecular weight excluding hydrogens is 156 g/mol. The van der Waals surface area contributed by atoms with Gasteiger partial charge in [0.2, 0.25) is 0 Å². The van der Waals surface area contributed by atoms with E-state index in [0.29, 0.717) is 0 Å². The van der Waals surface area contributed by atoms with Crippen LogP contribution in [0.2, 0.25) is 0 Å². The lowest BCUT2D eigenvalue weighted by Gasteiger charge is -2.20. The summed E-state index contributed by atoms with van der Waals surface area (Å²) in [7, 11) is 5.95. The Morgan fingerprint density at radius 1 is 1.12 bits per heavy atom. The highest BCUT2D eigenvalue weighted by atomic mass is 33.5. The van der Waals surface area contributed by atoms with Crippen molar-refractivity contribution in [2.45, 2.75) is 30.8 Å². The van der Waals surface area contributed by atoms with Crippen LogP contribution in [0, 0.1) is 0 Å². The summed E-state index contributed by atoms with van der Waals surface area (Å²) < 4.78 is 0. The van der Waals surface area contributed by atoms with E-state index in [9.17, 15) is 0 Å². The third kappa shape index (κ3) is 2.11. The maximum absolute atomic E-state index is 2.30. The molecule has 0 aromatic rings. The summed E-state index contributed by atoms with van der Waals surface area (Å²) in [6, 6.07) is 0. The molecule has 3 heteroatoms. The van der Waals surface area contributed by atoms with E-state index in [4.69, 9.17) is 0 Å². The quantitative estimate of drug-likeness (QED) is 0.507. The molecule has 1 heterocycles. The monoisotopic (exact) mass is 166 g/mol. The molecule has 0 nitrogen and oxygen atoms in total. The van der Waals surface area contributed by atoms with Crippen molar-refractivity contribution in [3.8, 4) is 0 Å². The number of rotatable bonds is 0. The molecule has 0 N–H and O–H groups in total. The van der Waals surface area contributed by atoms with Crippen molar-refractivity contribution in [1.29, 1.82) is 0 Å². The second-order valence-electron chi connectivity index (χ2n) is 2.12. The van der Waals surface area contributed by atoms with Crippen LogP contribution in [0.4, 0.5) is 0 Å². The minimum atomic E-state index is 0.872. The van der Waals surface area contributed by atoms with Gasteiger partial charge in [-0.3, -0.25) is 0 Å². The second kappa shape index (κ2) is 3.28. The number of hydrogen-bond acceptors (Lipinski definition) is 3. The van der Waals surface area contributed by atoms with E-state index in [1.54, 1.807) is 0 Å². The molecule has 0 bridgehead atoms. The van der Waals surface area contributed by atoms with Gasteiger partial charge in [-0.2, -0.15) is 0 Å². The Morgan fingerprint density at radius 2 is 1.62 bits per heavy atom. The van der Waals surface area contributed by atoms with Gasteiger partial charge in [0.25, 0.3) is 0 Å². The summed E-state index contributed by atoms with van der Waals surface area (Å²) in [5, 5.41) is 1.74. The zero-order valence-electron chi connectivity index (χ0n) is 5.09. The molecule has 2 atom stereocenters. The second-order valence-corrected chi connectivity index (χ2v) is 7.04. The van der Waals surface area contributed by atoms with E-state index in [-0.39, 0.29) is 0 Å². The molecule has 0 unspecified atom stereocenters. The van der Waals surface area contributed by atoms with Crippen LogP contribution in [-0.2, 0) is 0 Å². The first-order chi connectivity index (χ1) is 3.79. The topological polar surface area (TPSA) is 0 Å². The summed E-state index contributed by atoms with van der Waals surface area (Å²) in [5.41, 5.74) is 0. The molecule has 1 fully saturated rings. The van der Waals surface area contributed by atoms with Crippen LogP contribution in [-0.4, -0.2) is 10.5 Å². The van der Waals surface area contributed by atoms with Crippen LogP contribution in [0.25, 0.3) is 0 Å². The van der Waals surface area contributed by atoms with Gasteiger partial charge in [0, 0.05) is 10.5 Å². The van der Waals surface area contributed by atoms with Crippen molar-refractivity contribution in [2.75, 3.05) is 0 Å². The Morgan fingerprint density at radius 3 is 1.88 bits per heavy atom. The molecule has 1 aliphatic heterocycles. The molecule has 0 radical (unpaired) electrons. The molecule has 1 aliphatic rings. The van der Waals surface area contributed by atoms with Gasteiger partial charge in [-0.25, -0.2) is 0 Å². The third-order valence-electron chi connectivity index (χ3n) is 1.07. The normalized spacial score (nSPS) is 39.8. The predicted octanol–water partition coefficient (Wildman–Crippen LogP) is 3.20. The molecule has 0 saturated carbocycles. The van der Waals surface area contributed by atoms with Gasteiger partial charge in [-0.05, 0) is 16.2 Å². The summed E-state index contributed by atoms with van der Waals surface area (Å²) in [4.78, 5) is 0. The smallest absolute Gasteiger partial charge is 0.0142 e. The summed E-state index contributed by atoms with van der Waals surface area (Å²) in [5.74, 6) is 0.